The standard InChI is InChI=1S/C25H23FN2O2/c1-4-16(2)17-9-12-19(13-10-17)28-24(18-11-14-23(30-3)21(26)15-18)27-22-8-6-5-7-20(22)25(28)29/h5-16H,4H2,1-3H3. The van der Waals surface area contributed by atoms with Gasteiger partial charge in [0, 0.05) is 5.56 Å². The van der Waals surface area contributed by atoms with Gasteiger partial charge in [0.25, 0.3) is 5.56 Å². The molecule has 4 nitrogen and oxygen atoms in total. The molecule has 0 fully saturated rings. The number of hydrogen-bond donors (Lipinski definition) is 0. The molecule has 0 aliphatic heterocycles. The summed E-state index contributed by atoms with van der Waals surface area (Å²) in [6, 6.07) is 19.7. The Morgan fingerprint density at radius 2 is 1.80 bits per heavy atom. The van der Waals surface area contributed by atoms with Crippen LogP contribution in [0.5, 0.6) is 5.75 Å². The van der Waals surface area contributed by atoms with Gasteiger partial charge in [-0.2, -0.15) is 0 Å². The number of nitrogens with zero attached hydrogens (tertiary/aromatic N) is 2. The second-order valence-electron chi connectivity index (χ2n) is 7.34. The second-order valence-corrected chi connectivity index (χ2v) is 7.34. The highest BCUT2D eigenvalue weighted by Crippen LogP contribution is 2.27. The molecule has 0 bridgehead atoms. The zero-order valence-corrected chi connectivity index (χ0v) is 17.2. The first-order valence-corrected chi connectivity index (χ1v) is 9.99. The topological polar surface area (TPSA) is 44.1 Å². The van der Waals surface area contributed by atoms with Gasteiger partial charge in [-0.05, 0) is 60.4 Å². The van der Waals surface area contributed by atoms with Gasteiger partial charge in [-0.1, -0.05) is 38.1 Å². The Balaban J connectivity index is 1.98. The van der Waals surface area contributed by atoms with Crippen LogP contribution in [0.3, 0.4) is 0 Å². The average molecular weight is 402 g/mol. The highest BCUT2D eigenvalue weighted by atomic mass is 19.1. The summed E-state index contributed by atoms with van der Waals surface area (Å²) in [5, 5.41) is 0.515. The van der Waals surface area contributed by atoms with Gasteiger partial charge < -0.3 is 4.74 Å². The Kier molecular flexibility index (Phi) is 5.36. The molecular weight excluding hydrogens is 379 g/mol. The van der Waals surface area contributed by atoms with Gasteiger partial charge >= 0.3 is 0 Å². The molecule has 0 aliphatic carbocycles. The molecular formula is C25H23FN2O2. The second kappa shape index (κ2) is 8.11. The molecule has 0 N–H and O–H groups in total. The van der Waals surface area contributed by atoms with Crippen LogP contribution in [0.15, 0.2) is 71.5 Å². The van der Waals surface area contributed by atoms with E-state index in [2.05, 4.69) is 13.8 Å². The van der Waals surface area contributed by atoms with E-state index < -0.39 is 5.82 Å². The van der Waals surface area contributed by atoms with Gasteiger partial charge in [0.2, 0.25) is 0 Å². The lowest BCUT2D eigenvalue weighted by molar-refractivity contribution is 0.386. The summed E-state index contributed by atoms with van der Waals surface area (Å²) in [5.74, 6) is 0.458. The summed E-state index contributed by atoms with van der Waals surface area (Å²) in [5.41, 5.74) is 2.78. The van der Waals surface area contributed by atoms with Crippen molar-refractivity contribution in [2.45, 2.75) is 26.2 Å². The molecule has 1 atom stereocenters. The molecule has 0 amide bonds. The molecule has 5 heteroatoms. The fraction of sp³-hybridized carbons (Fsp3) is 0.200. The lowest BCUT2D eigenvalue weighted by Crippen LogP contribution is -2.22. The van der Waals surface area contributed by atoms with Crippen molar-refractivity contribution in [1.82, 2.24) is 9.55 Å². The van der Waals surface area contributed by atoms with E-state index in [1.54, 1.807) is 28.8 Å². The molecule has 0 spiro atoms. The Labute approximate surface area is 174 Å². The van der Waals surface area contributed by atoms with Crippen molar-refractivity contribution < 1.29 is 9.13 Å². The molecule has 1 heterocycles. The zero-order chi connectivity index (χ0) is 21.3. The molecule has 4 aromatic rings. The first-order chi connectivity index (χ1) is 14.5. The number of para-hydroxylation sites is 1. The Bertz CT molecular complexity index is 1260. The van der Waals surface area contributed by atoms with E-state index in [0.29, 0.717) is 33.9 Å². The number of halogens is 1. The summed E-state index contributed by atoms with van der Waals surface area (Å²) in [4.78, 5) is 18.1. The quantitative estimate of drug-likeness (QED) is 0.429. The van der Waals surface area contributed by atoms with Crippen molar-refractivity contribution in [3.05, 3.63) is 88.5 Å². The number of hydrogen-bond acceptors (Lipinski definition) is 3. The number of fused-ring (bicyclic) bond motifs is 1. The van der Waals surface area contributed by atoms with Crippen molar-refractivity contribution in [2.75, 3.05) is 7.11 Å². The lowest BCUT2D eigenvalue weighted by atomic mass is 9.98. The van der Waals surface area contributed by atoms with Gasteiger partial charge in [-0.15, -0.1) is 0 Å². The monoisotopic (exact) mass is 402 g/mol. The van der Waals surface area contributed by atoms with Crippen molar-refractivity contribution in [3.8, 4) is 22.8 Å². The normalized spacial score (nSPS) is 12.1. The van der Waals surface area contributed by atoms with E-state index in [4.69, 9.17) is 9.72 Å². The van der Waals surface area contributed by atoms with Crippen LogP contribution in [0.2, 0.25) is 0 Å². The maximum Gasteiger partial charge on any atom is 0.266 e. The first-order valence-electron chi connectivity index (χ1n) is 9.99. The molecule has 1 unspecified atom stereocenters. The Morgan fingerprint density at radius 3 is 2.47 bits per heavy atom. The van der Waals surface area contributed by atoms with E-state index in [9.17, 15) is 9.18 Å². The Hall–Kier alpha value is -3.47. The maximum atomic E-state index is 14.4. The lowest BCUT2D eigenvalue weighted by Gasteiger charge is -2.16. The highest BCUT2D eigenvalue weighted by molar-refractivity contribution is 5.80. The molecule has 3 aromatic carbocycles. The molecule has 1 aromatic heterocycles. The van der Waals surface area contributed by atoms with E-state index in [0.717, 1.165) is 6.42 Å². The summed E-state index contributed by atoms with van der Waals surface area (Å²) >= 11 is 0. The first kappa shape index (κ1) is 19.8. The SMILES string of the molecule is CCC(C)c1ccc(-n2c(-c3ccc(OC)c(F)c3)nc3ccccc3c2=O)cc1. The number of aromatic nitrogens is 2. The minimum absolute atomic E-state index is 0.145. The smallest absolute Gasteiger partial charge is 0.266 e. The molecule has 0 aliphatic rings. The minimum atomic E-state index is -0.504. The number of methoxy groups -OCH3 is 1. The predicted octanol–water partition coefficient (Wildman–Crippen LogP) is 5.71. The molecule has 0 saturated heterocycles. The number of benzene rings is 3. The highest BCUT2D eigenvalue weighted by Gasteiger charge is 2.16. The van der Waals surface area contributed by atoms with Crippen LogP contribution in [0, 0.1) is 5.82 Å². The third kappa shape index (κ3) is 3.47. The zero-order valence-electron chi connectivity index (χ0n) is 17.2. The van der Waals surface area contributed by atoms with Gasteiger partial charge in [0.1, 0.15) is 5.82 Å². The van der Waals surface area contributed by atoms with Crippen LogP contribution in [0.1, 0.15) is 31.7 Å². The van der Waals surface area contributed by atoms with E-state index in [1.165, 1.54) is 18.7 Å². The van der Waals surface area contributed by atoms with Gasteiger partial charge in [-0.3, -0.25) is 9.36 Å². The van der Waals surface area contributed by atoms with Crippen molar-refractivity contribution in [2.24, 2.45) is 0 Å². The van der Waals surface area contributed by atoms with Crippen LogP contribution in [-0.4, -0.2) is 16.7 Å². The van der Waals surface area contributed by atoms with Crippen LogP contribution < -0.4 is 10.3 Å². The molecule has 152 valence electrons. The molecule has 4 rings (SSSR count). The fourth-order valence-electron chi connectivity index (χ4n) is 3.56. The summed E-state index contributed by atoms with van der Waals surface area (Å²) in [7, 11) is 1.42. The maximum absolute atomic E-state index is 14.4. The van der Waals surface area contributed by atoms with Crippen LogP contribution in [0.25, 0.3) is 28.0 Å². The van der Waals surface area contributed by atoms with Crippen molar-refractivity contribution in [3.63, 3.8) is 0 Å². The Morgan fingerprint density at radius 1 is 1.07 bits per heavy atom. The minimum Gasteiger partial charge on any atom is -0.494 e. The van der Waals surface area contributed by atoms with Gasteiger partial charge in [0.15, 0.2) is 11.6 Å². The van der Waals surface area contributed by atoms with E-state index in [-0.39, 0.29) is 11.3 Å². The fourth-order valence-corrected chi connectivity index (χ4v) is 3.56. The van der Waals surface area contributed by atoms with E-state index in [1.807, 2.05) is 36.4 Å². The van der Waals surface area contributed by atoms with Crippen LogP contribution in [0.4, 0.5) is 4.39 Å². The summed E-state index contributed by atoms with van der Waals surface area (Å²) in [6.07, 6.45) is 1.03. The largest absolute Gasteiger partial charge is 0.494 e. The third-order valence-corrected chi connectivity index (χ3v) is 5.52. The van der Waals surface area contributed by atoms with Gasteiger partial charge in [-0.25, -0.2) is 9.37 Å². The third-order valence-electron chi connectivity index (χ3n) is 5.52. The number of rotatable bonds is 5. The van der Waals surface area contributed by atoms with Crippen molar-refractivity contribution in [1.29, 1.82) is 0 Å². The van der Waals surface area contributed by atoms with E-state index >= 15 is 0 Å². The van der Waals surface area contributed by atoms with Crippen LogP contribution in [-0.2, 0) is 0 Å². The number of ether oxygens (including phenoxy) is 1. The molecule has 0 saturated carbocycles. The summed E-state index contributed by atoms with van der Waals surface area (Å²) in [6.45, 7) is 4.32. The summed E-state index contributed by atoms with van der Waals surface area (Å²) < 4.78 is 21.0. The predicted molar refractivity (Wildman–Crippen MR) is 118 cm³/mol. The molecule has 30 heavy (non-hydrogen) atoms. The van der Waals surface area contributed by atoms with Crippen LogP contribution >= 0.6 is 0 Å². The molecule has 0 radical (unpaired) electrons. The van der Waals surface area contributed by atoms with Crippen molar-refractivity contribution >= 4 is 10.9 Å². The average Bonchev–Trinajstić information content (AvgIpc) is 2.78. The van der Waals surface area contributed by atoms with Gasteiger partial charge in [0.05, 0.1) is 23.7 Å².